The molecule has 554 valence electrons. The summed E-state index contributed by atoms with van der Waals surface area (Å²) in [5, 5.41) is 64.0. The van der Waals surface area contributed by atoms with Crippen molar-refractivity contribution in [2.24, 2.45) is 0 Å². The first kappa shape index (κ1) is 77.5. The fraction of sp³-hybridized carbons (Fsp3) is 0.150. The number of H-pyrrole nitrogens is 5. The number of hydrogen-bond acceptors (Lipinski definition) is 17. The van der Waals surface area contributed by atoms with Crippen LogP contribution >= 0.6 is 57.7 Å². The zero-order chi connectivity index (χ0) is 78.2. The maximum absolute atomic E-state index is 11.6. The molecule has 111 heavy (non-hydrogen) atoms. The van der Waals surface area contributed by atoms with Crippen molar-refractivity contribution in [3.63, 3.8) is 0 Å². The molecule has 0 radical (unpaired) electrons. The van der Waals surface area contributed by atoms with Crippen molar-refractivity contribution in [1.29, 1.82) is 0 Å². The van der Waals surface area contributed by atoms with Gasteiger partial charge in [0.15, 0.2) is 24.0 Å². The number of fused-ring (bicyclic) bond motifs is 5. The van der Waals surface area contributed by atoms with Crippen molar-refractivity contribution in [3.05, 3.63) is 377 Å². The first-order valence-electron chi connectivity index (χ1n) is 33.8. The highest BCUT2D eigenvalue weighted by Gasteiger charge is 2.39. The van der Waals surface area contributed by atoms with Crippen LogP contribution in [0.25, 0.3) is 29.9 Å². The lowest BCUT2D eigenvalue weighted by Crippen LogP contribution is -2.28. The molecule has 0 fully saturated rings. The number of halogens is 4. The van der Waals surface area contributed by atoms with Crippen molar-refractivity contribution >= 4 is 105 Å². The molecule has 11 heterocycles. The number of carbonyl (C=O) groups excluding carboxylic acids is 2. The molecule has 5 aliphatic rings. The number of thiophene rings is 1. The van der Waals surface area contributed by atoms with Gasteiger partial charge < -0.3 is 45.9 Å². The number of aliphatic hydroxyl groups is 1. The van der Waals surface area contributed by atoms with Crippen LogP contribution in [0.4, 0.5) is 29.1 Å². The number of aromatic amines is 5. The Hall–Kier alpha value is -13.1. The fourth-order valence-corrected chi connectivity index (χ4v) is 15.1. The number of nitrogens with zero attached hydrogens (tertiary/aromatic N) is 10. The highest BCUT2D eigenvalue weighted by atomic mass is 35.5. The van der Waals surface area contributed by atoms with Gasteiger partial charge in [-0.1, -0.05) is 150 Å². The lowest BCUT2D eigenvalue weighted by atomic mass is 9.84. The number of hydrogen-bond donors (Lipinski definition) is 11. The van der Waals surface area contributed by atoms with E-state index >= 15 is 0 Å². The summed E-state index contributed by atoms with van der Waals surface area (Å²) >= 11 is 26.9. The van der Waals surface area contributed by atoms with E-state index in [1.54, 1.807) is 67.3 Å². The summed E-state index contributed by atoms with van der Waals surface area (Å²) in [5.41, 5.74) is 15.0. The van der Waals surface area contributed by atoms with Crippen LogP contribution in [0.2, 0.25) is 20.1 Å². The van der Waals surface area contributed by atoms with E-state index in [-0.39, 0.29) is 42.6 Å². The molecule has 16 rings (SSSR count). The van der Waals surface area contributed by atoms with E-state index in [4.69, 9.17) is 93.5 Å². The standard InChI is InChI=1S/C18H15ClN4O2.C18H14N4S.C16H15ClN4O2.C14H11ClN4O.C14H9ClN4O/c1-3-25-15(24)9-8-14-17(20-2)16(11-6-4-5-7-13(11)19)12-10-21-23-18(12)22-14;1-11-6-3-4-7-12(11)15-13-10-20-22-18(13)21-16(17(15)19-2)14-8-5-9-23-14;1-18-13-12(9-6-4-5-7-11(9)17)10-8-19-21-15(10)20-14(13)16(22-2)23-3;2*1-16-13-11(7-20)18-14-9(6-17-19-14)12(13)8-4-2-3-5-10(8)15/h4-10,16H,3H2,1H3,(H2,21,22,23);3-10,15H,1H3,(H2,20,21,22);4-8,12,16H,2-3H3,(H2,19,20,21);2-6,12,20H,7H2,(H2,17,18,19);2-7,12H,(H2,17,18,19)/b9-8+;;;;. The van der Waals surface area contributed by atoms with Gasteiger partial charge in [-0.3, -0.25) is 30.3 Å². The third-order valence-electron chi connectivity index (χ3n) is 18.3. The number of aromatic nitrogens is 10. The number of aryl methyl sites for hydroxylation is 1. The Morgan fingerprint density at radius 3 is 1.26 bits per heavy atom. The van der Waals surface area contributed by atoms with E-state index < -0.39 is 18.2 Å². The number of benzene rings is 5. The second kappa shape index (κ2) is 35.8. The van der Waals surface area contributed by atoms with E-state index in [9.17, 15) is 14.7 Å². The third-order valence-corrected chi connectivity index (χ3v) is 20.6. The van der Waals surface area contributed by atoms with Crippen molar-refractivity contribution in [2.75, 3.05) is 54.0 Å². The molecule has 6 aromatic heterocycles. The van der Waals surface area contributed by atoms with Gasteiger partial charge in [-0.25, -0.2) is 29.0 Å². The number of nitrogens with one attached hydrogen (secondary N) is 10. The predicted octanol–water partition coefficient (Wildman–Crippen LogP) is 17.6. The molecule has 5 aliphatic heterocycles. The van der Waals surface area contributed by atoms with Crippen LogP contribution in [0, 0.1) is 39.8 Å². The van der Waals surface area contributed by atoms with Gasteiger partial charge in [-0.15, -0.1) is 11.3 Å². The molecule has 0 saturated heterocycles. The molecule has 26 nitrogen and oxygen atoms in total. The monoisotopic (exact) mass is 1570 g/mol. The average Bonchev–Trinajstić information content (AvgIpc) is 1.73. The Morgan fingerprint density at radius 2 is 0.865 bits per heavy atom. The lowest BCUT2D eigenvalue weighted by molar-refractivity contribution is -0.137. The number of methoxy groups -OCH3 is 2. The largest absolute Gasteiger partial charge is 0.463 e. The number of esters is 1. The molecular formula is C80H64Cl4N20O6S. The highest BCUT2D eigenvalue weighted by Crippen LogP contribution is 2.50. The Kier molecular flexibility index (Phi) is 25.0. The molecule has 5 atom stereocenters. The minimum atomic E-state index is -0.680. The average molecular weight is 1580 g/mol. The Morgan fingerprint density at radius 1 is 0.486 bits per heavy atom. The van der Waals surface area contributed by atoms with Gasteiger partial charge in [0.25, 0.3) is 0 Å². The van der Waals surface area contributed by atoms with Crippen LogP contribution in [0.15, 0.2) is 233 Å². The molecule has 0 saturated carbocycles. The molecule has 11 aromatic rings. The number of ether oxygens (including phenoxy) is 3. The smallest absolute Gasteiger partial charge is 0.330 e. The first-order valence-corrected chi connectivity index (χ1v) is 36.2. The number of allylic oxidation sites excluding steroid dienone is 7. The van der Waals surface area contributed by atoms with Gasteiger partial charge in [-0.05, 0) is 89.0 Å². The van der Waals surface area contributed by atoms with Gasteiger partial charge in [0.2, 0.25) is 17.1 Å². The van der Waals surface area contributed by atoms with Gasteiger partial charge in [0.1, 0.15) is 29.1 Å². The van der Waals surface area contributed by atoms with Crippen LogP contribution in [-0.4, -0.2) is 102 Å². The Balaban J connectivity index is 0.000000129. The molecule has 5 unspecified atom stereocenters. The zero-order valence-corrected chi connectivity index (χ0v) is 63.0. The van der Waals surface area contributed by atoms with Gasteiger partial charge in [-0.2, -0.15) is 25.5 Å². The summed E-state index contributed by atoms with van der Waals surface area (Å²) in [7, 11) is 3.05. The quantitative estimate of drug-likeness (QED) is 0.0158. The van der Waals surface area contributed by atoms with E-state index in [1.165, 1.54) is 25.9 Å². The summed E-state index contributed by atoms with van der Waals surface area (Å²) in [4.78, 5) is 42.3. The highest BCUT2D eigenvalue weighted by molar-refractivity contribution is 7.11. The summed E-state index contributed by atoms with van der Waals surface area (Å²) in [6.45, 7) is 41.7. The van der Waals surface area contributed by atoms with Crippen molar-refractivity contribution in [1.82, 2.24) is 51.0 Å². The second-order valence-electron chi connectivity index (χ2n) is 24.5. The minimum Gasteiger partial charge on any atom is -0.463 e. The number of carbonyl (C=O) groups is 2. The van der Waals surface area contributed by atoms with Crippen LogP contribution in [0.3, 0.4) is 0 Å². The summed E-state index contributed by atoms with van der Waals surface area (Å²) in [6, 6.07) is 41.8. The van der Waals surface area contributed by atoms with Crippen LogP contribution in [0.1, 0.15) is 103 Å². The molecule has 31 heteroatoms. The summed E-state index contributed by atoms with van der Waals surface area (Å²) < 4.78 is 15.5. The predicted molar refractivity (Wildman–Crippen MR) is 426 cm³/mol. The topological polar surface area (TPSA) is 307 Å². The minimum absolute atomic E-state index is 0.0965. The number of rotatable bonds is 14. The Labute approximate surface area is 660 Å². The molecule has 11 N–H and O–H groups in total. The third kappa shape index (κ3) is 16.1. The van der Waals surface area contributed by atoms with E-state index in [1.807, 2.05) is 115 Å². The SMILES string of the molecule is [C-]#[N+]C1=C(/C=C/C(=O)OCC)Nc2[nH]ncc2C1c1ccccc1Cl.[C-]#[N+]C1=C(C(OC)OC)Nc2[nH]ncc2C1c1ccccc1Cl.[C-]#[N+]C1=C(C=O)Nc2[nH]ncc2C1c1ccccc1Cl.[C-]#[N+]C1=C(CO)Nc2[nH]ncc2C1c1ccccc1Cl.[C-]#[N+]C1=C(c2cccs2)Nc2[nH]ncc2C1c1ccccc1C. The van der Waals surface area contributed by atoms with Crippen molar-refractivity contribution < 1.29 is 28.9 Å². The maximum Gasteiger partial charge on any atom is 0.330 e. The number of aldehydes is 1. The molecule has 5 aromatic carbocycles. The zero-order valence-electron chi connectivity index (χ0n) is 59.2. The van der Waals surface area contributed by atoms with Crippen molar-refractivity contribution in [2.45, 2.75) is 49.7 Å². The summed E-state index contributed by atoms with van der Waals surface area (Å²) in [5.74, 6) is 1.56. The van der Waals surface area contributed by atoms with Gasteiger partial charge >= 0.3 is 5.97 Å². The van der Waals surface area contributed by atoms with Gasteiger partial charge in [0.05, 0.1) is 124 Å². The maximum atomic E-state index is 11.6. The van der Waals surface area contributed by atoms with E-state index in [0.717, 1.165) is 77.7 Å². The van der Waals surface area contributed by atoms with E-state index in [2.05, 4.69) is 121 Å². The lowest BCUT2D eigenvalue weighted by Gasteiger charge is -2.29. The molecule has 0 bridgehead atoms. The second-order valence-corrected chi connectivity index (χ2v) is 27.0. The van der Waals surface area contributed by atoms with Crippen molar-refractivity contribution in [3.8, 4) is 0 Å². The molecular weight excluding hydrogens is 1510 g/mol. The van der Waals surface area contributed by atoms with E-state index in [0.29, 0.717) is 89.5 Å². The normalized spacial score (nSPS) is 16.8. The molecule has 0 aliphatic carbocycles. The molecule has 0 spiro atoms. The molecule has 0 amide bonds. The van der Waals surface area contributed by atoms with Crippen LogP contribution < -0.4 is 26.6 Å². The summed E-state index contributed by atoms with van der Waals surface area (Å²) in [6.07, 6.45) is 11.3. The van der Waals surface area contributed by atoms with Crippen LogP contribution in [0.5, 0.6) is 0 Å². The number of aliphatic hydroxyl groups excluding tert-OH is 1. The van der Waals surface area contributed by atoms with Crippen LogP contribution in [-0.2, 0) is 23.8 Å². The first-order chi connectivity index (χ1) is 54.2. The number of anilines is 5. The Bertz CT molecular complexity index is 5730. The fourth-order valence-electron chi connectivity index (χ4n) is 13.3. The van der Waals surface area contributed by atoms with Gasteiger partial charge in [0, 0.05) is 84.5 Å².